The van der Waals surface area contributed by atoms with Gasteiger partial charge in [-0.1, -0.05) is 23.9 Å². The maximum atomic E-state index is 11.2. The molecule has 5 nitrogen and oxygen atoms in total. The first-order valence-corrected chi connectivity index (χ1v) is 7.08. The minimum absolute atomic E-state index is 0.121. The Hall–Kier alpha value is -1.92. The van der Waals surface area contributed by atoms with E-state index in [-0.39, 0.29) is 10.6 Å². The zero-order chi connectivity index (χ0) is 14.4. The predicted molar refractivity (Wildman–Crippen MR) is 78.8 cm³/mol. The number of hydrogen-bond acceptors (Lipinski definition) is 5. The third-order valence-electron chi connectivity index (χ3n) is 2.74. The topological polar surface area (TPSA) is 82.0 Å². The molecule has 0 radical (unpaired) electrons. The second-order valence-corrected chi connectivity index (χ2v) is 5.28. The third kappa shape index (κ3) is 3.79. The van der Waals surface area contributed by atoms with Crippen molar-refractivity contribution in [1.82, 2.24) is 4.98 Å². The van der Waals surface area contributed by atoms with Crippen molar-refractivity contribution in [2.75, 3.05) is 6.54 Å². The van der Waals surface area contributed by atoms with Gasteiger partial charge >= 0.3 is 0 Å². The highest BCUT2D eigenvalue weighted by Crippen LogP contribution is 2.34. The lowest BCUT2D eigenvalue weighted by Crippen LogP contribution is -2.01. The second-order valence-electron chi connectivity index (χ2n) is 4.22. The summed E-state index contributed by atoms with van der Waals surface area (Å²) in [6.45, 7) is 0.582. The van der Waals surface area contributed by atoms with Crippen LogP contribution in [0.3, 0.4) is 0 Å². The molecule has 0 bridgehead atoms. The van der Waals surface area contributed by atoms with Crippen molar-refractivity contribution < 1.29 is 4.92 Å². The van der Waals surface area contributed by atoms with E-state index in [0.29, 0.717) is 11.4 Å². The molecule has 20 heavy (non-hydrogen) atoms. The molecule has 1 aromatic heterocycles. The zero-order valence-electron chi connectivity index (χ0n) is 10.9. The van der Waals surface area contributed by atoms with Gasteiger partial charge in [0.1, 0.15) is 5.03 Å². The monoisotopic (exact) mass is 289 g/mol. The minimum Gasteiger partial charge on any atom is -0.330 e. The van der Waals surface area contributed by atoms with Crippen LogP contribution in [0.15, 0.2) is 52.5 Å². The Kier molecular flexibility index (Phi) is 5.09. The maximum absolute atomic E-state index is 11.2. The summed E-state index contributed by atoms with van der Waals surface area (Å²) < 4.78 is 0. The van der Waals surface area contributed by atoms with Crippen LogP contribution in [0.5, 0.6) is 0 Å². The molecule has 1 aromatic carbocycles. The summed E-state index contributed by atoms with van der Waals surface area (Å²) in [5.74, 6) is 0. The van der Waals surface area contributed by atoms with Crippen LogP contribution in [-0.2, 0) is 6.42 Å². The molecule has 0 saturated carbocycles. The van der Waals surface area contributed by atoms with Crippen molar-refractivity contribution in [1.29, 1.82) is 0 Å². The fraction of sp³-hybridized carbons (Fsp3) is 0.214. The molecule has 0 amide bonds. The van der Waals surface area contributed by atoms with E-state index in [9.17, 15) is 10.1 Å². The van der Waals surface area contributed by atoms with Crippen LogP contribution >= 0.6 is 11.8 Å². The van der Waals surface area contributed by atoms with Gasteiger partial charge in [-0.15, -0.1) is 0 Å². The standard InChI is InChI=1S/C14H15N3O2S/c15-8-3-4-11-6-7-13(12(10-11)17(18)19)20-14-5-1-2-9-16-14/h1-2,5-7,9-10H,3-4,8,15H2. The van der Waals surface area contributed by atoms with Crippen molar-refractivity contribution in [3.63, 3.8) is 0 Å². The molecule has 104 valence electrons. The van der Waals surface area contributed by atoms with Gasteiger partial charge in [0.15, 0.2) is 0 Å². The van der Waals surface area contributed by atoms with Gasteiger partial charge in [-0.05, 0) is 43.1 Å². The normalized spacial score (nSPS) is 10.4. The molecule has 6 heteroatoms. The largest absolute Gasteiger partial charge is 0.330 e. The molecule has 2 N–H and O–H groups in total. The van der Waals surface area contributed by atoms with Crippen LogP contribution in [0.25, 0.3) is 0 Å². The number of benzene rings is 1. The summed E-state index contributed by atoms with van der Waals surface area (Å²) in [7, 11) is 0. The van der Waals surface area contributed by atoms with E-state index in [1.165, 1.54) is 11.8 Å². The molecule has 2 rings (SSSR count). The average Bonchev–Trinajstić information content (AvgIpc) is 2.47. The van der Waals surface area contributed by atoms with Gasteiger partial charge in [-0.2, -0.15) is 0 Å². The van der Waals surface area contributed by atoms with Gasteiger partial charge in [0, 0.05) is 12.3 Å². The Morgan fingerprint density at radius 1 is 1.30 bits per heavy atom. The number of aryl methyl sites for hydroxylation is 1. The first-order valence-electron chi connectivity index (χ1n) is 6.27. The molecule has 0 aliphatic carbocycles. The van der Waals surface area contributed by atoms with E-state index < -0.39 is 0 Å². The number of nitro groups is 1. The van der Waals surface area contributed by atoms with Crippen molar-refractivity contribution >= 4 is 17.4 Å². The van der Waals surface area contributed by atoms with Gasteiger partial charge < -0.3 is 5.73 Å². The molecule has 1 heterocycles. The van der Waals surface area contributed by atoms with Crippen molar-refractivity contribution in [2.24, 2.45) is 5.73 Å². The van der Waals surface area contributed by atoms with Gasteiger partial charge in [0.2, 0.25) is 0 Å². The lowest BCUT2D eigenvalue weighted by molar-refractivity contribution is -0.387. The Labute approximate surface area is 121 Å². The summed E-state index contributed by atoms with van der Waals surface area (Å²) in [6.07, 6.45) is 3.25. The van der Waals surface area contributed by atoms with Crippen LogP contribution in [0, 0.1) is 10.1 Å². The lowest BCUT2D eigenvalue weighted by atomic mass is 10.1. The van der Waals surface area contributed by atoms with Crippen LogP contribution in [0.4, 0.5) is 5.69 Å². The van der Waals surface area contributed by atoms with E-state index in [2.05, 4.69) is 4.98 Å². The van der Waals surface area contributed by atoms with E-state index in [0.717, 1.165) is 23.4 Å². The molecular formula is C14H15N3O2S. The zero-order valence-corrected chi connectivity index (χ0v) is 11.7. The molecule has 2 aromatic rings. The summed E-state index contributed by atoms with van der Waals surface area (Å²) in [4.78, 5) is 15.6. The maximum Gasteiger partial charge on any atom is 0.283 e. The number of nitrogens with zero attached hydrogens (tertiary/aromatic N) is 2. The number of nitrogens with two attached hydrogens (primary N) is 1. The SMILES string of the molecule is NCCCc1ccc(Sc2ccccn2)c([N+](=O)[O-])c1. The second kappa shape index (κ2) is 7.02. The number of nitro benzene ring substituents is 1. The van der Waals surface area contributed by atoms with Crippen LogP contribution in [0.2, 0.25) is 0 Å². The number of hydrogen-bond donors (Lipinski definition) is 1. The highest BCUT2D eigenvalue weighted by atomic mass is 32.2. The van der Waals surface area contributed by atoms with E-state index >= 15 is 0 Å². The summed E-state index contributed by atoms with van der Waals surface area (Å²) in [5.41, 5.74) is 6.52. The Morgan fingerprint density at radius 2 is 2.15 bits per heavy atom. The van der Waals surface area contributed by atoms with Gasteiger partial charge in [0.25, 0.3) is 5.69 Å². The first-order chi connectivity index (χ1) is 9.70. The number of rotatable bonds is 6. The number of pyridine rings is 1. The predicted octanol–water partition coefficient (Wildman–Crippen LogP) is 3.03. The van der Waals surface area contributed by atoms with Crippen molar-refractivity contribution in [3.05, 3.63) is 58.3 Å². The van der Waals surface area contributed by atoms with E-state index in [1.807, 2.05) is 24.3 Å². The highest BCUT2D eigenvalue weighted by Gasteiger charge is 2.16. The van der Waals surface area contributed by atoms with E-state index in [4.69, 9.17) is 5.73 Å². The fourth-order valence-electron chi connectivity index (χ4n) is 1.77. The van der Waals surface area contributed by atoms with Crippen LogP contribution in [-0.4, -0.2) is 16.5 Å². The van der Waals surface area contributed by atoms with Crippen molar-refractivity contribution in [3.8, 4) is 0 Å². The van der Waals surface area contributed by atoms with Gasteiger partial charge in [-0.3, -0.25) is 10.1 Å². The molecule has 0 atom stereocenters. The van der Waals surface area contributed by atoms with Crippen LogP contribution in [0.1, 0.15) is 12.0 Å². The Morgan fingerprint density at radius 3 is 2.80 bits per heavy atom. The molecule has 0 fully saturated rings. The molecular weight excluding hydrogens is 274 g/mol. The molecule has 0 unspecified atom stereocenters. The Balaban J connectivity index is 2.26. The highest BCUT2D eigenvalue weighted by molar-refractivity contribution is 7.99. The lowest BCUT2D eigenvalue weighted by Gasteiger charge is -2.05. The minimum atomic E-state index is -0.350. The van der Waals surface area contributed by atoms with E-state index in [1.54, 1.807) is 18.3 Å². The van der Waals surface area contributed by atoms with Gasteiger partial charge in [-0.25, -0.2) is 4.98 Å². The first kappa shape index (κ1) is 14.5. The molecule has 0 aliphatic heterocycles. The smallest absolute Gasteiger partial charge is 0.283 e. The molecule has 0 saturated heterocycles. The Bertz CT molecular complexity index is 590. The molecule has 0 aliphatic rings. The number of aromatic nitrogens is 1. The van der Waals surface area contributed by atoms with Crippen LogP contribution < -0.4 is 5.73 Å². The quantitative estimate of drug-likeness (QED) is 0.653. The average molecular weight is 289 g/mol. The third-order valence-corrected chi connectivity index (χ3v) is 3.76. The summed E-state index contributed by atoms with van der Waals surface area (Å²) >= 11 is 1.30. The summed E-state index contributed by atoms with van der Waals surface area (Å²) in [5, 5.41) is 11.9. The van der Waals surface area contributed by atoms with Crippen molar-refractivity contribution in [2.45, 2.75) is 22.8 Å². The summed E-state index contributed by atoms with van der Waals surface area (Å²) in [6, 6.07) is 10.8. The fourth-order valence-corrected chi connectivity index (χ4v) is 2.63. The molecule has 0 spiro atoms. The van der Waals surface area contributed by atoms with Gasteiger partial charge in [0.05, 0.1) is 9.82 Å².